The van der Waals surface area contributed by atoms with Crippen LogP contribution in [-0.4, -0.2) is 17.2 Å². The Morgan fingerprint density at radius 2 is 0.684 bits per heavy atom. The third-order valence-corrected chi connectivity index (χ3v) is 12.0. The largest absolute Gasteiger partial charge is 0.440 e. The zero-order valence-corrected chi connectivity index (χ0v) is 37.6. The maximum Gasteiger partial charge on any atom is 0.416 e. The Hall–Kier alpha value is -6.64. The van der Waals surface area contributed by atoms with Crippen LogP contribution in [0, 0.1) is 0 Å². The topological polar surface area (TPSA) is 26.0 Å². The van der Waals surface area contributed by atoms with Gasteiger partial charge in [0.15, 0.2) is 12.7 Å². The molecule has 5 aromatic carbocycles. The van der Waals surface area contributed by atoms with E-state index in [-0.39, 0.29) is 0 Å². The van der Waals surface area contributed by atoms with E-state index >= 15 is 0 Å². The summed E-state index contributed by atoms with van der Waals surface area (Å²) in [6.45, 7) is 0.825. The highest BCUT2D eigenvalue weighted by Crippen LogP contribution is 2.41. The number of hydrogen-bond donors (Lipinski definition) is 0. The van der Waals surface area contributed by atoms with Gasteiger partial charge in [-0.05, 0) is 49.9 Å². The lowest BCUT2D eigenvalue weighted by atomic mass is 9.12. The molecule has 410 valence electrons. The SMILES string of the molecule is FC(F)(F)c1cc([B-](c2cc(C(F)(F)F)cc(C(F)(F)F)c2)(c2cc(C(F)(F)F)cc(C(F)(F)F)c2)c2cc(C(F)(F)F)cc(C(F)(F)F)c2)cc(C(F)(F)F)c1.c1ccc(C[n+]2ccncc2OC2CCCC2)cc1. The third-order valence-electron chi connectivity index (χ3n) is 12.0. The molecule has 0 unspecified atom stereocenters. The molecule has 0 atom stereocenters. The van der Waals surface area contributed by atoms with Crippen molar-refractivity contribution in [2.75, 3.05) is 0 Å². The van der Waals surface area contributed by atoms with Gasteiger partial charge in [0, 0.05) is 5.56 Å². The zero-order chi connectivity index (χ0) is 56.8. The second kappa shape index (κ2) is 20.7. The average molecular weight is 1120 g/mol. The van der Waals surface area contributed by atoms with Crippen molar-refractivity contribution in [3.8, 4) is 5.88 Å². The molecule has 1 aliphatic rings. The number of benzene rings is 5. The maximum atomic E-state index is 14.2. The summed E-state index contributed by atoms with van der Waals surface area (Å²) in [4.78, 5) is 4.18. The van der Waals surface area contributed by atoms with Gasteiger partial charge in [0.2, 0.25) is 0 Å². The minimum absolute atomic E-state index is 0.367. The van der Waals surface area contributed by atoms with Crippen molar-refractivity contribution in [1.29, 1.82) is 0 Å². The van der Waals surface area contributed by atoms with Crippen LogP contribution in [0.15, 0.2) is 122 Å². The molecule has 0 aliphatic heterocycles. The first-order valence-corrected chi connectivity index (χ1v) is 21.6. The van der Waals surface area contributed by atoms with Crippen molar-refractivity contribution < 1.29 is 115 Å². The summed E-state index contributed by atoms with van der Waals surface area (Å²) in [6.07, 6.45) is -43.9. The first-order chi connectivity index (χ1) is 34.7. The van der Waals surface area contributed by atoms with E-state index in [1.807, 2.05) is 24.7 Å². The summed E-state index contributed by atoms with van der Waals surface area (Å²) in [6, 6.07) is 1.62. The fourth-order valence-corrected chi connectivity index (χ4v) is 8.63. The quantitative estimate of drug-likeness (QED) is 0.0862. The molecule has 76 heavy (non-hydrogen) atoms. The predicted molar refractivity (Wildman–Crippen MR) is 223 cm³/mol. The van der Waals surface area contributed by atoms with Gasteiger partial charge in [0.25, 0.3) is 0 Å². The van der Waals surface area contributed by atoms with Gasteiger partial charge in [0.1, 0.15) is 18.4 Å². The number of alkyl halides is 24. The van der Waals surface area contributed by atoms with Gasteiger partial charge < -0.3 is 4.74 Å². The van der Waals surface area contributed by atoms with Crippen molar-refractivity contribution in [2.45, 2.75) is 87.7 Å². The summed E-state index contributed by atoms with van der Waals surface area (Å²) in [7, 11) is 0. The van der Waals surface area contributed by atoms with Gasteiger partial charge in [0.05, 0.1) is 50.7 Å². The number of halogens is 24. The van der Waals surface area contributed by atoms with Crippen LogP contribution in [0.2, 0.25) is 0 Å². The highest BCUT2D eigenvalue weighted by molar-refractivity contribution is 7.20. The van der Waals surface area contributed by atoms with Gasteiger partial charge in [-0.2, -0.15) is 132 Å². The van der Waals surface area contributed by atoms with E-state index in [0.29, 0.717) is 6.10 Å². The molecule has 1 fully saturated rings. The summed E-state index contributed by atoms with van der Waals surface area (Å²) in [5.74, 6) is 0.873. The van der Waals surface area contributed by atoms with Crippen LogP contribution in [0.25, 0.3) is 0 Å². The highest BCUT2D eigenvalue weighted by Gasteiger charge is 2.47. The Morgan fingerprint density at radius 1 is 0.408 bits per heavy atom. The van der Waals surface area contributed by atoms with Crippen molar-refractivity contribution >= 4 is 28.0 Å². The van der Waals surface area contributed by atoms with Crippen molar-refractivity contribution in [2.24, 2.45) is 0 Å². The molecule has 7 rings (SSSR count). The molecule has 1 heterocycles. The molecule has 1 aliphatic carbocycles. The number of hydrogen-bond acceptors (Lipinski definition) is 2. The number of ether oxygens (including phenoxy) is 1. The van der Waals surface area contributed by atoms with Crippen molar-refractivity contribution in [3.63, 3.8) is 0 Å². The molecule has 0 N–H and O–H groups in total. The zero-order valence-electron chi connectivity index (χ0n) is 37.6. The van der Waals surface area contributed by atoms with E-state index in [0.717, 1.165) is 12.4 Å². The molecule has 0 amide bonds. The predicted octanol–water partition coefficient (Wildman–Crippen LogP) is 14.0. The number of aromatic nitrogens is 2. The van der Waals surface area contributed by atoms with E-state index in [1.165, 1.54) is 31.2 Å². The number of nitrogens with zero attached hydrogens (tertiary/aromatic N) is 2. The Morgan fingerprint density at radius 3 is 0.947 bits per heavy atom. The van der Waals surface area contributed by atoms with Crippen molar-refractivity contribution in [3.05, 3.63) is 172 Å². The summed E-state index contributed by atoms with van der Waals surface area (Å²) in [5.41, 5.74) is -28.9. The van der Waals surface area contributed by atoms with Gasteiger partial charge in [-0.3, -0.25) is 0 Å². The summed E-state index contributed by atoms with van der Waals surface area (Å²) in [5, 5.41) is 0. The molecule has 0 radical (unpaired) electrons. The molecule has 1 saturated carbocycles. The van der Waals surface area contributed by atoms with E-state index in [4.69, 9.17) is 4.74 Å². The first-order valence-electron chi connectivity index (χ1n) is 21.6. The Balaban J connectivity index is 0.000000408. The van der Waals surface area contributed by atoms with Crippen LogP contribution < -0.4 is 31.2 Å². The van der Waals surface area contributed by atoms with Crippen LogP contribution in [0.4, 0.5) is 105 Å². The standard InChI is InChI=1S/C32H12BF24.C16H19N2O/c34-25(35,36)13-1-14(26(37,38)39)6-21(5-13)33(22-7-15(27(40,41)42)2-16(8-22)28(43,44)45,23-9-17(29(46,47)48)3-18(10-23)30(49,50)51)24-11-19(31(52,53)54)4-20(12-24)32(55,56)57;1-2-6-14(7-3-1)13-18-11-10-17-12-16(18)19-15-8-4-5-9-15/h1-12H;1-3,6-7,10-12,15H,4-5,8-9,13H2/q-1;+1. The average Bonchev–Trinajstić information content (AvgIpc) is 3.81. The number of rotatable bonds is 8. The third kappa shape index (κ3) is 13.7. The smallest absolute Gasteiger partial charge is 0.416 e. The van der Waals surface area contributed by atoms with Crippen LogP contribution in [0.3, 0.4) is 0 Å². The van der Waals surface area contributed by atoms with Gasteiger partial charge in [-0.1, -0.05) is 78.9 Å². The molecule has 1 aromatic heterocycles. The monoisotopic (exact) mass is 1120 g/mol. The van der Waals surface area contributed by atoms with Gasteiger partial charge >= 0.3 is 55.3 Å². The molecule has 0 bridgehead atoms. The second-order valence-corrected chi connectivity index (χ2v) is 17.3. The van der Waals surface area contributed by atoms with E-state index in [9.17, 15) is 105 Å². The highest BCUT2D eigenvalue weighted by atomic mass is 19.4. The molecule has 0 spiro atoms. The van der Waals surface area contributed by atoms with Crippen molar-refractivity contribution in [1.82, 2.24) is 4.98 Å². The lowest BCUT2D eigenvalue weighted by Crippen LogP contribution is -2.75. The molecule has 6 aromatic rings. The van der Waals surface area contributed by atoms with E-state index in [1.54, 1.807) is 0 Å². The van der Waals surface area contributed by atoms with Crippen LogP contribution in [0.1, 0.15) is 75.8 Å². The van der Waals surface area contributed by atoms with Gasteiger partial charge in [-0.15, -0.1) is 0 Å². The lowest BCUT2D eigenvalue weighted by molar-refractivity contribution is -0.694. The molecule has 3 nitrogen and oxygen atoms in total. The Kier molecular flexibility index (Phi) is 16.0. The van der Waals surface area contributed by atoms with Crippen LogP contribution >= 0.6 is 0 Å². The van der Waals surface area contributed by atoms with E-state index in [2.05, 4.69) is 33.8 Å². The molecular weight excluding hydrogens is 1090 g/mol. The minimum atomic E-state index is -6.13. The van der Waals surface area contributed by atoms with Crippen LogP contribution in [-0.2, 0) is 56.0 Å². The molecule has 0 saturated heterocycles. The lowest BCUT2D eigenvalue weighted by Gasteiger charge is -2.46. The maximum absolute atomic E-state index is 14.2. The normalized spacial score (nSPS) is 14.6. The Bertz CT molecular complexity index is 2560. The minimum Gasteiger partial charge on any atom is -0.440 e. The molecule has 28 heteroatoms. The van der Waals surface area contributed by atoms with Gasteiger partial charge in [-0.25, -0.2) is 4.98 Å². The Labute approximate surface area is 412 Å². The second-order valence-electron chi connectivity index (χ2n) is 17.3. The van der Waals surface area contributed by atoms with Crippen LogP contribution in [0.5, 0.6) is 5.88 Å². The van der Waals surface area contributed by atoms with E-state index < -0.39 is 195 Å². The first kappa shape index (κ1) is 58.6. The fraction of sp³-hybridized carbons (Fsp3) is 0.292. The fourth-order valence-electron chi connectivity index (χ4n) is 8.63. The summed E-state index contributed by atoms with van der Waals surface area (Å²) >= 11 is 0. The molecular formula is C48H31BF24N2O. The summed E-state index contributed by atoms with van der Waals surface area (Å²) < 4.78 is 349.